The summed E-state index contributed by atoms with van der Waals surface area (Å²) in [5.74, 6) is -0.828. The lowest BCUT2D eigenvalue weighted by molar-refractivity contribution is -0.183. The molecule has 1 aliphatic carbocycles. The lowest BCUT2D eigenvalue weighted by atomic mass is 9.85. The second-order valence-corrected chi connectivity index (χ2v) is 5.85. The van der Waals surface area contributed by atoms with Crippen LogP contribution in [0.3, 0.4) is 0 Å². The smallest absolute Gasteiger partial charge is 0.361 e. The molecular formula is C14H20F3N5O. The number of amides is 2. The van der Waals surface area contributed by atoms with Crippen LogP contribution in [0.15, 0.2) is 12.5 Å². The van der Waals surface area contributed by atoms with Gasteiger partial charge >= 0.3 is 12.2 Å². The maximum absolute atomic E-state index is 12.8. The zero-order valence-electron chi connectivity index (χ0n) is 13.0. The summed E-state index contributed by atoms with van der Waals surface area (Å²) in [7, 11) is 3.53. The van der Waals surface area contributed by atoms with E-state index in [2.05, 4.69) is 20.6 Å². The Morgan fingerprint density at radius 3 is 2.74 bits per heavy atom. The van der Waals surface area contributed by atoms with Crippen molar-refractivity contribution in [3.05, 3.63) is 12.5 Å². The highest BCUT2D eigenvalue weighted by Crippen LogP contribution is 2.37. The number of aromatic nitrogens is 2. The Balaban J connectivity index is 1.95. The molecule has 0 aliphatic heterocycles. The van der Waals surface area contributed by atoms with Crippen LogP contribution in [-0.2, 0) is 0 Å². The van der Waals surface area contributed by atoms with Crippen molar-refractivity contribution in [1.82, 2.24) is 15.3 Å². The highest BCUT2D eigenvalue weighted by Gasteiger charge is 2.42. The molecule has 0 aromatic carbocycles. The Morgan fingerprint density at radius 2 is 2.09 bits per heavy atom. The molecule has 9 heteroatoms. The van der Waals surface area contributed by atoms with Gasteiger partial charge in [-0.2, -0.15) is 13.2 Å². The van der Waals surface area contributed by atoms with E-state index < -0.39 is 24.2 Å². The van der Waals surface area contributed by atoms with Gasteiger partial charge in [-0.15, -0.1) is 0 Å². The minimum Gasteiger partial charge on any atom is -0.361 e. The molecule has 23 heavy (non-hydrogen) atoms. The van der Waals surface area contributed by atoms with Crippen LogP contribution in [0.5, 0.6) is 0 Å². The Hall–Kier alpha value is -2.06. The van der Waals surface area contributed by atoms with Crippen molar-refractivity contribution >= 4 is 17.5 Å². The lowest BCUT2D eigenvalue weighted by Gasteiger charge is -2.31. The topological polar surface area (TPSA) is 70.2 Å². The molecule has 2 amide bonds. The maximum atomic E-state index is 12.8. The van der Waals surface area contributed by atoms with Crippen LogP contribution in [0.4, 0.5) is 29.5 Å². The van der Waals surface area contributed by atoms with E-state index >= 15 is 0 Å². The van der Waals surface area contributed by atoms with E-state index in [-0.39, 0.29) is 12.8 Å². The number of nitrogens with one attached hydrogen (secondary N) is 2. The van der Waals surface area contributed by atoms with E-state index in [1.807, 2.05) is 0 Å². The third-order valence-electron chi connectivity index (χ3n) is 3.84. The quantitative estimate of drug-likeness (QED) is 0.893. The Kier molecular flexibility index (Phi) is 5.27. The number of hydrogen-bond donors (Lipinski definition) is 2. The molecule has 0 spiro atoms. The Morgan fingerprint density at radius 1 is 1.35 bits per heavy atom. The maximum Gasteiger partial charge on any atom is 0.391 e. The summed E-state index contributed by atoms with van der Waals surface area (Å²) in [4.78, 5) is 21.6. The molecule has 2 rings (SSSR count). The van der Waals surface area contributed by atoms with Crippen molar-refractivity contribution in [2.24, 2.45) is 5.92 Å². The largest absolute Gasteiger partial charge is 0.391 e. The van der Waals surface area contributed by atoms with Crippen molar-refractivity contribution in [3.63, 3.8) is 0 Å². The van der Waals surface area contributed by atoms with Crippen LogP contribution in [0, 0.1) is 5.92 Å². The van der Waals surface area contributed by atoms with Gasteiger partial charge in [-0.3, -0.25) is 0 Å². The number of hydrogen-bond acceptors (Lipinski definition) is 4. The molecule has 0 bridgehead atoms. The number of nitrogens with zero attached hydrogens (tertiary/aromatic N) is 3. The predicted octanol–water partition coefficient (Wildman–Crippen LogP) is 2.79. The molecule has 1 heterocycles. The summed E-state index contributed by atoms with van der Waals surface area (Å²) in [5, 5.41) is 5.21. The molecule has 0 radical (unpaired) electrons. The monoisotopic (exact) mass is 331 g/mol. The summed E-state index contributed by atoms with van der Waals surface area (Å²) in [5.41, 5.74) is 0.401. The van der Waals surface area contributed by atoms with E-state index in [9.17, 15) is 18.0 Å². The standard InChI is InChI=1S/C14H20F3N5O/c1-22(2)12-11(7-18-8-19-12)21-13(23)20-10-5-3-4-9(6-10)14(15,16)17/h7-10H,3-6H2,1-2H3,(H2,20,21,23). The normalized spacial score (nSPS) is 21.6. The van der Waals surface area contributed by atoms with Gasteiger partial charge in [0.25, 0.3) is 0 Å². The zero-order valence-corrected chi connectivity index (χ0v) is 13.0. The summed E-state index contributed by atoms with van der Waals surface area (Å²) < 4.78 is 38.4. The van der Waals surface area contributed by atoms with Gasteiger partial charge in [-0.25, -0.2) is 14.8 Å². The van der Waals surface area contributed by atoms with Gasteiger partial charge in [0.15, 0.2) is 5.82 Å². The summed E-state index contributed by atoms with van der Waals surface area (Å²) in [6.45, 7) is 0. The predicted molar refractivity (Wildman–Crippen MR) is 80.3 cm³/mol. The van der Waals surface area contributed by atoms with Crippen molar-refractivity contribution in [2.75, 3.05) is 24.3 Å². The van der Waals surface area contributed by atoms with Gasteiger partial charge in [0, 0.05) is 20.1 Å². The summed E-state index contributed by atoms with van der Waals surface area (Å²) in [6, 6.07) is -1.03. The second kappa shape index (κ2) is 7.01. The number of alkyl halides is 3. The molecule has 2 atom stereocenters. The number of halogens is 3. The first-order valence-electron chi connectivity index (χ1n) is 7.39. The number of urea groups is 1. The van der Waals surface area contributed by atoms with Crippen LogP contribution in [-0.4, -0.2) is 42.3 Å². The first-order valence-corrected chi connectivity index (χ1v) is 7.39. The summed E-state index contributed by atoms with van der Waals surface area (Å²) >= 11 is 0. The van der Waals surface area contributed by atoms with Crippen LogP contribution < -0.4 is 15.5 Å². The molecule has 2 unspecified atom stereocenters. The summed E-state index contributed by atoms with van der Waals surface area (Å²) in [6.07, 6.45) is -0.362. The molecule has 1 aliphatic rings. The number of carbonyl (C=O) groups excluding carboxylic acids is 1. The van der Waals surface area contributed by atoms with Crippen molar-refractivity contribution < 1.29 is 18.0 Å². The molecule has 1 aromatic heterocycles. The molecule has 1 aromatic rings. The fourth-order valence-electron chi connectivity index (χ4n) is 2.73. The van der Waals surface area contributed by atoms with Crippen LogP contribution in [0.1, 0.15) is 25.7 Å². The van der Waals surface area contributed by atoms with Crippen LogP contribution in [0.25, 0.3) is 0 Å². The van der Waals surface area contributed by atoms with Gasteiger partial charge in [-0.05, 0) is 19.3 Å². The van der Waals surface area contributed by atoms with Gasteiger partial charge in [-0.1, -0.05) is 6.42 Å². The first-order chi connectivity index (χ1) is 10.8. The van der Waals surface area contributed by atoms with Gasteiger partial charge in [0.05, 0.1) is 12.1 Å². The minimum atomic E-state index is -4.21. The van der Waals surface area contributed by atoms with E-state index in [1.165, 1.54) is 12.5 Å². The highest BCUT2D eigenvalue weighted by atomic mass is 19.4. The molecule has 0 saturated heterocycles. The van der Waals surface area contributed by atoms with Crippen LogP contribution >= 0.6 is 0 Å². The minimum absolute atomic E-state index is 0.0806. The van der Waals surface area contributed by atoms with Crippen molar-refractivity contribution in [2.45, 2.75) is 37.9 Å². The van der Waals surface area contributed by atoms with Crippen molar-refractivity contribution in [1.29, 1.82) is 0 Å². The average molecular weight is 331 g/mol. The Labute approximate surface area is 132 Å². The SMILES string of the molecule is CN(C)c1ncncc1NC(=O)NC1CCCC(C(F)(F)F)C1. The number of anilines is 2. The molecule has 1 saturated carbocycles. The molecule has 2 N–H and O–H groups in total. The third-order valence-corrected chi connectivity index (χ3v) is 3.84. The van der Waals surface area contributed by atoms with E-state index in [4.69, 9.17) is 0 Å². The molecule has 6 nitrogen and oxygen atoms in total. The van der Waals surface area contributed by atoms with E-state index in [0.29, 0.717) is 24.3 Å². The van der Waals surface area contributed by atoms with Gasteiger partial charge in [0.2, 0.25) is 0 Å². The van der Waals surface area contributed by atoms with Crippen molar-refractivity contribution in [3.8, 4) is 0 Å². The average Bonchev–Trinajstić information content (AvgIpc) is 2.46. The molecular weight excluding hydrogens is 311 g/mol. The van der Waals surface area contributed by atoms with Crippen LogP contribution in [0.2, 0.25) is 0 Å². The fourth-order valence-corrected chi connectivity index (χ4v) is 2.73. The fraction of sp³-hybridized carbons (Fsp3) is 0.643. The molecule has 128 valence electrons. The Bertz CT molecular complexity index is 549. The van der Waals surface area contributed by atoms with Gasteiger partial charge < -0.3 is 15.5 Å². The van der Waals surface area contributed by atoms with E-state index in [1.54, 1.807) is 19.0 Å². The van der Waals surface area contributed by atoms with Gasteiger partial charge in [0.1, 0.15) is 12.0 Å². The first kappa shape index (κ1) is 17.3. The number of rotatable bonds is 3. The second-order valence-electron chi connectivity index (χ2n) is 5.85. The zero-order chi connectivity index (χ0) is 17.0. The molecule has 1 fully saturated rings. The lowest BCUT2D eigenvalue weighted by Crippen LogP contribution is -2.43. The van der Waals surface area contributed by atoms with E-state index in [0.717, 1.165) is 0 Å². The number of carbonyl (C=O) groups is 1. The highest BCUT2D eigenvalue weighted by molar-refractivity contribution is 5.92. The third kappa shape index (κ3) is 4.70.